The van der Waals surface area contributed by atoms with Crippen molar-refractivity contribution in [3.8, 4) is 0 Å². The van der Waals surface area contributed by atoms with Gasteiger partial charge in [-0.2, -0.15) is 0 Å². The second-order valence-corrected chi connectivity index (χ2v) is 4.86. The first kappa shape index (κ1) is 11.5. The van der Waals surface area contributed by atoms with Crippen LogP contribution in [0, 0.1) is 6.92 Å². The van der Waals surface area contributed by atoms with E-state index in [0.29, 0.717) is 5.92 Å². The molecular weight excluding hydrogens is 198 g/mol. The monoisotopic (exact) mass is 221 g/mol. The zero-order chi connectivity index (χ0) is 11.5. The number of rotatable bonds is 2. The van der Waals surface area contributed by atoms with Gasteiger partial charge in [0, 0.05) is 12.5 Å². The number of nitrogen functional groups attached to an aromatic ring is 1. The Morgan fingerprint density at radius 2 is 1.88 bits per heavy atom. The summed E-state index contributed by atoms with van der Waals surface area (Å²) in [5.74, 6) is 2.58. The van der Waals surface area contributed by atoms with Gasteiger partial charge >= 0.3 is 0 Å². The molecule has 3 nitrogen and oxygen atoms in total. The molecule has 1 aliphatic carbocycles. The Morgan fingerprint density at radius 3 is 2.38 bits per heavy atom. The highest BCUT2D eigenvalue weighted by molar-refractivity contribution is 5.40. The zero-order valence-corrected chi connectivity index (χ0v) is 10.5. The first-order valence-electron chi connectivity index (χ1n) is 6.56. The molecule has 0 bridgehead atoms. The van der Waals surface area contributed by atoms with Crippen molar-refractivity contribution in [1.29, 1.82) is 0 Å². The van der Waals surface area contributed by atoms with Gasteiger partial charge in [0.2, 0.25) is 0 Å². The van der Waals surface area contributed by atoms with E-state index in [0.717, 1.165) is 18.2 Å². The molecule has 1 heterocycles. The number of imidazole rings is 1. The second-order valence-electron chi connectivity index (χ2n) is 4.86. The molecular formula is C13H23N3. The van der Waals surface area contributed by atoms with Crippen molar-refractivity contribution in [2.24, 2.45) is 0 Å². The quantitative estimate of drug-likeness (QED) is 0.779. The SMILES string of the molecule is CCn1c(C)nc(C2CCCCCC2)c1N. The van der Waals surface area contributed by atoms with Gasteiger partial charge in [-0.25, -0.2) is 4.98 Å². The van der Waals surface area contributed by atoms with Gasteiger partial charge < -0.3 is 10.3 Å². The first-order chi connectivity index (χ1) is 7.74. The fourth-order valence-electron chi connectivity index (χ4n) is 2.86. The lowest BCUT2D eigenvalue weighted by molar-refractivity contribution is 0.581. The Morgan fingerprint density at radius 1 is 1.25 bits per heavy atom. The fourth-order valence-corrected chi connectivity index (χ4v) is 2.86. The molecule has 0 unspecified atom stereocenters. The van der Waals surface area contributed by atoms with Crippen LogP contribution in [0.25, 0.3) is 0 Å². The van der Waals surface area contributed by atoms with Crippen LogP contribution in [-0.2, 0) is 6.54 Å². The summed E-state index contributed by atoms with van der Waals surface area (Å²) in [5, 5.41) is 0. The third-order valence-corrected chi connectivity index (χ3v) is 3.78. The smallest absolute Gasteiger partial charge is 0.127 e. The molecule has 90 valence electrons. The lowest BCUT2D eigenvalue weighted by atomic mass is 9.96. The number of anilines is 1. The van der Waals surface area contributed by atoms with Crippen LogP contribution < -0.4 is 5.73 Å². The molecule has 0 aliphatic heterocycles. The Balaban J connectivity index is 2.24. The summed E-state index contributed by atoms with van der Waals surface area (Å²) in [6.07, 6.45) is 7.97. The van der Waals surface area contributed by atoms with Gasteiger partial charge in [-0.1, -0.05) is 25.7 Å². The van der Waals surface area contributed by atoms with Gasteiger partial charge in [0.1, 0.15) is 11.6 Å². The van der Waals surface area contributed by atoms with Crippen LogP contribution in [0.5, 0.6) is 0 Å². The molecule has 3 heteroatoms. The van der Waals surface area contributed by atoms with E-state index in [2.05, 4.69) is 23.4 Å². The van der Waals surface area contributed by atoms with Crippen molar-refractivity contribution in [3.05, 3.63) is 11.5 Å². The molecule has 16 heavy (non-hydrogen) atoms. The van der Waals surface area contributed by atoms with Crippen molar-refractivity contribution in [3.63, 3.8) is 0 Å². The fraction of sp³-hybridized carbons (Fsp3) is 0.769. The van der Waals surface area contributed by atoms with Crippen molar-refractivity contribution in [1.82, 2.24) is 9.55 Å². The highest BCUT2D eigenvalue weighted by Crippen LogP contribution is 2.34. The summed E-state index contributed by atoms with van der Waals surface area (Å²) in [5.41, 5.74) is 7.36. The lowest BCUT2D eigenvalue weighted by Crippen LogP contribution is -2.05. The maximum absolute atomic E-state index is 6.20. The molecule has 2 N–H and O–H groups in total. The van der Waals surface area contributed by atoms with Gasteiger partial charge in [-0.3, -0.25) is 0 Å². The predicted molar refractivity (Wildman–Crippen MR) is 67.5 cm³/mol. The highest BCUT2D eigenvalue weighted by atomic mass is 15.1. The number of aromatic nitrogens is 2. The van der Waals surface area contributed by atoms with E-state index in [1.165, 1.54) is 44.2 Å². The van der Waals surface area contributed by atoms with Crippen LogP contribution in [-0.4, -0.2) is 9.55 Å². The second kappa shape index (κ2) is 4.89. The standard InChI is InChI=1S/C13H23N3/c1-3-16-10(2)15-12(13(16)14)11-8-6-4-5-7-9-11/h11H,3-9,14H2,1-2H3. The first-order valence-corrected chi connectivity index (χ1v) is 6.56. The number of nitrogens with zero attached hydrogens (tertiary/aromatic N) is 2. The molecule has 0 saturated heterocycles. The summed E-state index contributed by atoms with van der Waals surface area (Å²) in [7, 11) is 0. The maximum atomic E-state index is 6.20. The van der Waals surface area contributed by atoms with Gasteiger partial charge in [-0.15, -0.1) is 0 Å². The molecule has 0 amide bonds. The van der Waals surface area contributed by atoms with Crippen molar-refractivity contribution >= 4 is 5.82 Å². The molecule has 1 fully saturated rings. The molecule has 1 aliphatic rings. The molecule has 1 aromatic rings. The molecule has 0 radical (unpaired) electrons. The van der Waals surface area contributed by atoms with Gasteiger partial charge in [-0.05, 0) is 26.7 Å². The largest absolute Gasteiger partial charge is 0.384 e. The van der Waals surface area contributed by atoms with E-state index in [1.807, 2.05) is 0 Å². The van der Waals surface area contributed by atoms with Crippen LogP contribution in [0.4, 0.5) is 5.82 Å². The molecule has 0 aromatic carbocycles. The average molecular weight is 221 g/mol. The number of hydrogen-bond acceptors (Lipinski definition) is 2. The van der Waals surface area contributed by atoms with Gasteiger partial charge in [0.25, 0.3) is 0 Å². The third kappa shape index (κ3) is 2.08. The Bertz CT molecular complexity index is 346. The summed E-state index contributed by atoms with van der Waals surface area (Å²) < 4.78 is 2.13. The van der Waals surface area contributed by atoms with E-state index in [-0.39, 0.29) is 0 Å². The maximum Gasteiger partial charge on any atom is 0.127 e. The van der Waals surface area contributed by atoms with E-state index < -0.39 is 0 Å². The zero-order valence-electron chi connectivity index (χ0n) is 10.5. The molecule has 1 saturated carbocycles. The van der Waals surface area contributed by atoms with Crippen molar-refractivity contribution < 1.29 is 0 Å². The van der Waals surface area contributed by atoms with E-state index in [1.54, 1.807) is 0 Å². The Kier molecular flexibility index (Phi) is 3.52. The van der Waals surface area contributed by atoms with E-state index in [9.17, 15) is 0 Å². The summed E-state index contributed by atoms with van der Waals surface area (Å²) >= 11 is 0. The molecule has 0 spiro atoms. The Hall–Kier alpha value is -0.990. The summed E-state index contributed by atoms with van der Waals surface area (Å²) in [6, 6.07) is 0. The third-order valence-electron chi connectivity index (χ3n) is 3.78. The van der Waals surface area contributed by atoms with Crippen LogP contribution in [0.1, 0.15) is 62.9 Å². The highest BCUT2D eigenvalue weighted by Gasteiger charge is 2.21. The molecule has 1 aromatic heterocycles. The van der Waals surface area contributed by atoms with Crippen LogP contribution in [0.15, 0.2) is 0 Å². The number of nitrogens with two attached hydrogens (primary N) is 1. The van der Waals surface area contributed by atoms with Crippen molar-refractivity contribution in [2.75, 3.05) is 5.73 Å². The average Bonchev–Trinajstić information content (AvgIpc) is 2.49. The molecule has 0 atom stereocenters. The number of aryl methyl sites for hydroxylation is 1. The normalized spacial score (nSPS) is 18.6. The topological polar surface area (TPSA) is 43.8 Å². The van der Waals surface area contributed by atoms with Crippen LogP contribution in [0.2, 0.25) is 0 Å². The Labute approximate surface area is 98.1 Å². The summed E-state index contributed by atoms with van der Waals surface area (Å²) in [4.78, 5) is 4.68. The summed E-state index contributed by atoms with van der Waals surface area (Å²) in [6.45, 7) is 5.11. The minimum Gasteiger partial charge on any atom is -0.384 e. The van der Waals surface area contributed by atoms with Gasteiger partial charge in [0.15, 0.2) is 0 Å². The van der Waals surface area contributed by atoms with Gasteiger partial charge in [0.05, 0.1) is 5.69 Å². The molecule has 2 rings (SSSR count). The van der Waals surface area contributed by atoms with E-state index >= 15 is 0 Å². The minimum absolute atomic E-state index is 0.606. The minimum atomic E-state index is 0.606. The number of hydrogen-bond donors (Lipinski definition) is 1. The predicted octanol–water partition coefficient (Wildman–Crippen LogP) is 3.23. The van der Waals surface area contributed by atoms with Crippen LogP contribution >= 0.6 is 0 Å². The van der Waals surface area contributed by atoms with Crippen molar-refractivity contribution in [2.45, 2.75) is 64.8 Å². The van der Waals surface area contributed by atoms with E-state index in [4.69, 9.17) is 5.73 Å². The van der Waals surface area contributed by atoms with Crippen LogP contribution in [0.3, 0.4) is 0 Å². The lowest BCUT2D eigenvalue weighted by Gasteiger charge is -2.12.